The van der Waals surface area contributed by atoms with Gasteiger partial charge in [-0.2, -0.15) is 0 Å². The Hall–Kier alpha value is -4.97. The molecule has 0 aliphatic heterocycles. The molecular formula is C61H92O6. The third kappa shape index (κ3) is 51.9. The molecule has 0 rings (SSSR count). The Morgan fingerprint density at radius 2 is 0.687 bits per heavy atom. The topological polar surface area (TPSA) is 78.9 Å². The molecule has 0 aliphatic rings. The number of unbranched alkanes of at least 4 members (excludes halogenated alkanes) is 13. The van der Waals surface area contributed by atoms with Crippen molar-refractivity contribution in [3.8, 4) is 0 Å². The molecule has 0 aromatic rings. The number of allylic oxidation sites excluding steroid dienone is 26. The summed E-state index contributed by atoms with van der Waals surface area (Å²) in [7, 11) is 0. The van der Waals surface area contributed by atoms with Crippen LogP contribution in [-0.2, 0) is 28.6 Å². The second-order valence-corrected chi connectivity index (χ2v) is 16.5. The van der Waals surface area contributed by atoms with Crippen molar-refractivity contribution in [1.82, 2.24) is 0 Å². The fourth-order valence-corrected chi connectivity index (χ4v) is 6.29. The molecule has 0 saturated carbocycles. The molecule has 67 heavy (non-hydrogen) atoms. The van der Waals surface area contributed by atoms with Crippen LogP contribution in [0.4, 0.5) is 0 Å². The molecule has 0 radical (unpaired) electrons. The predicted octanol–water partition coefficient (Wildman–Crippen LogP) is 17.4. The van der Waals surface area contributed by atoms with Gasteiger partial charge in [-0.1, -0.05) is 230 Å². The Bertz CT molecular complexity index is 1570. The van der Waals surface area contributed by atoms with E-state index in [1.54, 1.807) is 0 Å². The molecule has 0 spiro atoms. The number of rotatable bonds is 44. The maximum atomic E-state index is 12.8. The van der Waals surface area contributed by atoms with Gasteiger partial charge in [0.05, 0.1) is 0 Å². The van der Waals surface area contributed by atoms with E-state index in [1.807, 2.05) is 79.0 Å². The summed E-state index contributed by atoms with van der Waals surface area (Å²) in [5.41, 5.74) is 0. The molecular weight excluding hydrogens is 829 g/mol. The molecule has 0 N–H and O–H groups in total. The summed E-state index contributed by atoms with van der Waals surface area (Å²) in [5, 5.41) is 0. The van der Waals surface area contributed by atoms with E-state index in [0.717, 1.165) is 64.2 Å². The summed E-state index contributed by atoms with van der Waals surface area (Å²) in [6.07, 6.45) is 78.1. The van der Waals surface area contributed by atoms with E-state index in [-0.39, 0.29) is 44.4 Å². The van der Waals surface area contributed by atoms with Gasteiger partial charge in [0.2, 0.25) is 0 Å². The molecule has 0 aromatic carbocycles. The first kappa shape index (κ1) is 62.0. The van der Waals surface area contributed by atoms with Gasteiger partial charge in [0.1, 0.15) is 13.2 Å². The normalized spacial score (nSPS) is 13.4. The van der Waals surface area contributed by atoms with Gasteiger partial charge >= 0.3 is 17.9 Å². The van der Waals surface area contributed by atoms with Gasteiger partial charge in [-0.15, -0.1) is 0 Å². The monoisotopic (exact) mass is 921 g/mol. The quantitative estimate of drug-likeness (QED) is 0.0199. The van der Waals surface area contributed by atoms with Gasteiger partial charge in [0.15, 0.2) is 6.10 Å². The Morgan fingerprint density at radius 1 is 0.328 bits per heavy atom. The SMILES string of the molecule is CC\C=C/C=C\C=C/C=C\C=C\C=C/C=C\CCCCCC(=O)OCC(COC(=O)CC/C=C\C/C=C\CCCCCCCC)OC(=O)CCC/C=C\C/C=C\C/C=C\C/C=C\CCCCC. The third-order valence-corrected chi connectivity index (χ3v) is 10.2. The third-order valence-electron chi connectivity index (χ3n) is 10.2. The zero-order chi connectivity index (χ0) is 48.6. The van der Waals surface area contributed by atoms with Crippen LogP contribution in [0.5, 0.6) is 0 Å². The van der Waals surface area contributed by atoms with Crippen LogP contribution < -0.4 is 0 Å². The minimum Gasteiger partial charge on any atom is -0.462 e. The van der Waals surface area contributed by atoms with Crippen LogP contribution in [0.2, 0.25) is 0 Å². The lowest BCUT2D eigenvalue weighted by Gasteiger charge is -2.18. The number of carbonyl (C=O) groups excluding carboxylic acids is 3. The Balaban J connectivity index is 4.68. The smallest absolute Gasteiger partial charge is 0.306 e. The van der Waals surface area contributed by atoms with E-state index < -0.39 is 12.1 Å². The van der Waals surface area contributed by atoms with Gasteiger partial charge in [-0.25, -0.2) is 0 Å². The number of esters is 3. The van der Waals surface area contributed by atoms with Crippen molar-refractivity contribution in [2.45, 2.75) is 194 Å². The summed E-state index contributed by atoms with van der Waals surface area (Å²) in [5.74, 6) is -1.13. The van der Waals surface area contributed by atoms with E-state index in [0.29, 0.717) is 19.3 Å². The maximum Gasteiger partial charge on any atom is 0.306 e. The number of carbonyl (C=O) groups is 3. The van der Waals surface area contributed by atoms with E-state index in [1.165, 1.54) is 64.2 Å². The lowest BCUT2D eigenvalue weighted by Crippen LogP contribution is -2.30. The first-order chi connectivity index (χ1) is 33.0. The Labute approximate surface area is 409 Å². The summed E-state index contributed by atoms with van der Waals surface area (Å²) in [4.78, 5) is 38.0. The van der Waals surface area contributed by atoms with Crippen LogP contribution in [0, 0.1) is 0 Å². The highest BCUT2D eigenvalue weighted by molar-refractivity contribution is 5.71. The molecule has 6 heteroatoms. The van der Waals surface area contributed by atoms with Crippen LogP contribution in [0.15, 0.2) is 158 Å². The van der Waals surface area contributed by atoms with Crippen molar-refractivity contribution in [2.24, 2.45) is 0 Å². The summed E-state index contributed by atoms with van der Waals surface area (Å²) < 4.78 is 16.6. The zero-order valence-corrected chi connectivity index (χ0v) is 42.3. The second-order valence-electron chi connectivity index (χ2n) is 16.5. The molecule has 0 amide bonds. The van der Waals surface area contributed by atoms with Gasteiger partial charge < -0.3 is 14.2 Å². The molecule has 0 fully saturated rings. The largest absolute Gasteiger partial charge is 0.462 e. The number of hydrogen-bond donors (Lipinski definition) is 0. The van der Waals surface area contributed by atoms with Gasteiger partial charge in [0, 0.05) is 19.3 Å². The molecule has 1 atom stereocenters. The van der Waals surface area contributed by atoms with Gasteiger partial charge in [-0.05, 0) is 96.3 Å². The van der Waals surface area contributed by atoms with Crippen molar-refractivity contribution in [3.63, 3.8) is 0 Å². The molecule has 0 aliphatic carbocycles. The average Bonchev–Trinajstić information content (AvgIpc) is 3.33. The summed E-state index contributed by atoms with van der Waals surface area (Å²) >= 11 is 0. The second kappa shape index (κ2) is 53.6. The highest BCUT2D eigenvalue weighted by Crippen LogP contribution is 2.10. The Kier molecular flexibility index (Phi) is 49.7. The fraction of sp³-hybridized carbons (Fsp3) is 0.525. The van der Waals surface area contributed by atoms with E-state index in [9.17, 15) is 14.4 Å². The molecule has 0 heterocycles. The van der Waals surface area contributed by atoms with Gasteiger partial charge in [-0.3, -0.25) is 14.4 Å². The van der Waals surface area contributed by atoms with Crippen molar-refractivity contribution in [3.05, 3.63) is 158 Å². The van der Waals surface area contributed by atoms with Crippen molar-refractivity contribution >= 4 is 17.9 Å². The van der Waals surface area contributed by atoms with Crippen molar-refractivity contribution in [2.75, 3.05) is 13.2 Å². The summed E-state index contributed by atoms with van der Waals surface area (Å²) in [6.45, 7) is 6.28. The lowest BCUT2D eigenvalue weighted by atomic mass is 10.1. The molecule has 0 aromatic heterocycles. The van der Waals surface area contributed by atoms with Crippen LogP contribution in [0.3, 0.4) is 0 Å². The highest BCUT2D eigenvalue weighted by atomic mass is 16.6. The molecule has 372 valence electrons. The minimum atomic E-state index is -0.856. The van der Waals surface area contributed by atoms with Crippen molar-refractivity contribution < 1.29 is 28.6 Å². The first-order valence-corrected chi connectivity index (χ1v) is 26.1. The Morgan fingerprint density at radius 3 is 1.21 bits per heavy atom. The van der Waals surface area contributed by atoms with E-state index in [4.69, 9.17) is 14.2 Å². The maximum absolute atomic E-state index is 12.8. The van der Waals surface area contributed by atoms with E-state index in [2.05, 4.69) is 99.8 Å². The molecule has 0 saturated heterocycles. The minimum absolute atomic E-state index is 0.149. The fourth-order valence-electron chi connectivity index (χ4n) is 6.29. The lowest BCUT2D eigenvalue weighted by molar-refractivity contribution is -0.166. The van der Waals surface area contributed by atoms with Crippen LogP contribution in [0.1, 0.15) is 188 Å². The zero-order valence-electron chi connectivity index (χ0n) is 42.3. The van der Waals surface area contributed by atoms with Crippen molar-refractivity contribution in [1.29, 1.82) is 0 Å². The standard InChI is InChI=1S/C61H92O6/c1-4-7-10-13-16-19-22-25-27-29-30-32-33-36-39-42-45-48-51-54-60(63)66-57-58(56-65-59(62)53-50-47-44-41-38-35-24-21-18-15-12-9-6-3)67-61(64)55-52-49-46-43-40-37-34-31-28-26-23-20-17-14-11-8-5-2/h7,10,13,16-17,19-20,22,25-30,32-39,43-44,46-47,58H,4-6,8-9,11-12,14-15,18,21,23-24,31,40-42,45,48-57H2,1-3H3/b10-7-,16-13-,20-17-,22-19-,27-25-,28-26-,30-29+,33-32-,37-34-,38-35-,39-36-,46-43-,47-44-. The molecule has 1 unspecified atom stereocenters. The first-order valence-electron chi connectivity index (χ1n) is 26.1. The van der Waals surface area contributed by atoms with Crippen LogP contribution in [-0.4, -0.2) is 37.2 Å². The van der Waals surface area contributed by atoms with Gasteiger partial charge in [0.25, 0.3) is 0 Å². The number of hydrogen-bond acceptors (Lipinski definition) is 6. The molecule has 0 bridgehead atoms. The molecule has 6 nitrogen and oxygen atoms in total. The number of ether oxygens (including phenoxy) is 3. The van der Waals surface area contributed by atoms with E-state index >= 15 is 0 Å². The summed E-state index contributed by atoms with van der Waals surface area (Å²) in [6, 6.07) is 0. The predicted molar refractivity (Wildman–Crippen MR) is 288 cm³/mol. The highest BCUT2D eigenvalue weighted by Gasteiger charge is 2.19. The van der Waals surface area contributed by atoms with Crippen LogP contribution in [0.25, 0.3) is 0 Å². The average molecular weight is 921 g/mol. The van der Waals surface area contributed by atoms with Crippen LogP contribution >= 0.6 is 0 Å².